The van der Waals surface area contributed by atoms with E-state index >= 15 is 0 Å². The van der Waals surface area contributed by atoms with Crippen LogP contribution < -0.4 is 0 Å². The molecule has 0 fully saturated rings. The third-order valence-corrected chi connectivity index (χ3v) is 6.63. The van der Waals surface area contributed by atoms with E-state index in [2.05, 4.69) is 108 Å². The molecule has 0 N–H and O–H groups in total. The SMILES string of the molecule is [Ir].[c-]1cc(C2c3ccccc3-c3ccccc32)cc2c1c1ncccc1n2-c1ccccc1. The van der Waals surface area contributed by atoms with Gasteiger partial charge < -0.3 is 9.55 Å². The number of aromatic nitrogens is 2. The van der Waals surface area contributed by atoms with E-state index in [-0.39, 0.29) is 26.0 Å². The summed E-state index contributed by atoms with van der Waals surface area (Å²) in [6, 6.07) is 40.3. The van der Waals surface area contributed by atoms with Crippen molar-refractivity contribution in [2.24, 2.45) is 0 Å². The van der Waals surface area contributed by atoms with Gasteiger partial charge in [-0.15, -0.1) is 23.8 Å². The molecule has 1 aliphatic carbocycles. The number of nitrogens with zero attached hydrogens (tertiary/aromatic N) is 2. The van der Waals surface area contributed by atoms with Gasteiger partial charge in [-0.25, -0.2) is 0 Å². The average Bonchev–Trinajstić information content (AvgIpc) is 3.37. The van der Waals surface area contributed by atoms with Crippen LogP contribution in [0.4, 0.5) is 0 Å². The molecule has 0 amide bonds. The van der Waals surface area contributed by atoms with Crippen LogP contribution in [0.25, 0.3) is 38.8 Å². The smallest absolute Gasteiger partial charge is 0.0366 e. The van der Waals surface area contributed by atoms with Crippen molar-refractivity contribution in [3.8, 4) is 16.8 Å². The number of para-hydroxylation sites is 1. The molecule has 0 saturated heterocycles. The molecule has 0 bridgehead atoms. The van der Waals surface area contributed by atoms with Crippen LogP contribution >= 0.6 is 0 Å². The first-order chi connectivity index (χ1) is 15.9. The molecule has 2 nitrogen and oxygen atoms in total. The molecular weight excluding hydrogens is 581 g/mol. The fourth-order valence-corrected chi connectivity index (χ4v) is 5.30. The van der Waals surface area contributed by atoms with Crippen LogP contribution in [0.1, 0.15) is 22.6 Å². The third-order valence-electron chi connectivity index (χ3n) is 6.63. The molecular formula is C30H19IrN2-. The number of benzene rings is 4. The minimum atomic E-state index is 0. The van der Waals surface area contributed by atoms with Gasteiger partial charge >= 0.3 is 0 Å². The summed E-state index contributed by atoms with van der Waals surface area (Å²) >= 11 is 0. The molecule has 2 aromatic heterocycles. The van der Waals surface area contributed by atoms with Crippen LogP contribution in [0, 0.1) is 6.07 Å². The predicted octanol–water partition coefficient (Wildman–Crippen LogP) is 7.14. The molecule has 7 rings (SSSR count). The van der Waals surface area contributed by atoms with E-state index in [9.17, 15) is 0 Å². The maximum atomic E-state index is 4.70. The van der Waals surface area contributed by atoms with Crippen LogP contribution in [0.3, 0.4) is 0 Å². The van der Waals surface area contributed by atoms with Crippen molar-refractivity contribution in [2.45, 2.75) is 5.92 Å². The summed E-state index contributed by atoms with van der Waals surface area (Å²) in [6.07, 6.45) is 1.86. The van der Waals surface area contributed by atoms with Crippen LogP contribution in [-0.2, 0) is 20.1 Å². The minimum Gasteiger partial charge on any atom is -0.358 e. The zero-order valence-electron chi connectivity index (χ0n) is 17.7. The maximum Gasteiger partial charge on any atom is 0.0366 e. The molecule has 4 aromatic carbocycles. The second-order valence-electron chi connectivity index (χ2n) is 8.34. The molecule has 33 heavy (non-hydrogen) atoms. The van der Waals surface area contributed by atoms with Gasteiger partial charge in [0.05, 0.1) is 0 Å². The number of fused-ring (bicyclic) bond motifs is 6. The zero-order valence-corrected chi connectivity index (χ0v) is 20.1. The summed E-state index contributed by atoms with van der Waals surface area (Å²) in [5, 5.41) is 1.06. The van der Waals surface area contributed by atoms with Crippen molar-refractivity contribution in [3.05, 3.63) is 132 Å². The molecule has 159 valence electrons. The molecule has 0 aliphatic heterocycles. The van der Waals surface area contributed by atoms with Crippen LogP contribution in [0.15, 0.2) is 109 Å². The van der Waals surface area contributed by atoms with Crippen molar-refractivity contribution in [1.29, 1.82) is 0 Å². The summed E-state index contributed by atoms with van der Waals surface area (Å²) in [5.41, 5.74) is 11.0. The van der Waals surface area contributed by atoms with Crippen molar-refractivity contribution in [3.63, 3.8) is 0 Å². The van der Waals surface area contributed by atoms with E-state index in [0.717, 1.165) is 27.6 Å². The standard InChI is InChI=1S/C30H19N2.Ir/c1-2-9-21(10-3-1)32-27-15-8-18-31-30(27)26-17-16-20(19-28(26)32)29-24-13-6-4-11-22(24)23-12-5-7-14-25(23)29;/h1-16,18-19,29H;/q-1;. The Morgan fingerprint density at radius 1 is 0.697 bits per heavy atom. The minimum absolute atomic E-state index is 0. The molecule has 0 spiro atoms. The topological polar surface area (TPSA) is 17.8 Å². The molecule has 0 unspecified atom stereocenters. The average molecular weight is 600 g/mol. The quantitative estimate of drug-likeness (QED) is 0.193. The Bertz CT molecular complexity index is 1590. The van der Waals surface area contributed by atoms with Crippen LogP contribution in [0.2, 0.25) is 0 Å². The van der Waals surface area contributed by atoms with Gasteiger partial charge in [0.15, 0.2) is 0 Å². The van der Waals surface area contributed by atoms with E-state index in [1.165, 1.54) is 27.8 Å². The Kier molecular flexibility index (Phi) is 4.76. The largest absolute Gasteiger partial charge is 0.358 e. The second kappa shape index (κ2) is 7.81. The number of rotatable bonds is 2. The number of pyridine rings is 1. The van der Waals surface area contributed by atoms with Gasteiger partial charge in [-0.2, -0.15) is 0 Å². The van der Waals surface area contributed by atoms with Crippen molar-refractivity contribution in [2.75, 3.05) is 0 Å². The van der Waals surface area contributed by atoms with E-state index in [0.29, 0.717) is 0 Å². The Labute approximate surface area is 205 Å². The summed E-state index contributed by atoms with van der Waals surface area (Å²) in [7, 11) is 0. The molecule has 2 heterocycles. The van der Waals surface area contributed by atoms with E-state index < -0.39 is 0 Å². The zero-order chi connectivity index (χ0) is 21.1. The Morgan fingerprint density at radius 3 is 2.09 bits per heavy atom. The number of hydrogen-bond donors (Lipinski definition) is 0. The third kappa shape index (κ3) is 2.94. The van der Waals surface area contributed by atoms with Crippen molar-refractivity contribution >= 4 is 21.9 Å². The van der Waals surface area contributed by atoms with Crippen molar-refractivity contribution < 1.29 is 20.1 Å². The summed E-state index contributed by atoms with van der Waals surface area (Å²) in [4.78, 5) is 4.70. The van der Waals surface area contributed by atoms with Gasteiger partial charge in [0, 0.05) is 48.9 Å². The van der Waals surface area contributed by atoms with E-state index in [1.54, 1.807) is 0 Å². The molecule has 0 saturated carbocycles. The first kappa shape index (κ1) is 20.1. The van der Waals surface area contributed by atoms with Crippen molar-refractivity contribution in [1.82, 2.24) is 9.55 Å². The fraction of sp³-hybridized carbons (Fsp3) is 0.0333. The molecule has 3 heteroatoms. The molecule has 0 atom stereocenters. The van der Waals surface area contributed by atoms with Gasteiger partial charge in [-0.1, -0.05) is 72.1 Å². The van der Waals surface area contributed by atoms with Gasteiger partial charge in [0.1, 0.15) is 0 Å². The molecule has 6 aromatic rings. The van der Waals surface area contributed by atoms with E-state index in [1.807, 2.05) is 12.3 Å². The van der Waals surface area contributed by atoms with Crippen LogP contribution in [0.5, 0.6) is 0 Å². The summed E-state index contributed by atoms with van der Waals surface area (Å²) < 4.78 is 2.31. The molecule has 1 aliphatic rings. The number of hydrogen-bond acceptors (Lipinski definition) is 1. The van der Waals surface area contributed by atoms with Gasteiger partial charge in [-0.3, -0.25) is 0 Å². The van der Waals surface area contributed by atoms with Crippen LogP contribution in [-0.4, -0.2) is 9.55 Å². The summed E-state index contributed by atoms with van der Waals surface area (Å²) in [6.45, 7) is 0. The molecule has 1 radical (unpaired) electrons. The predicted molar refractivity (Wildman–Crippen MR) is 130 cm³/mol. The Balaban J connectivity index is 0.00000206. The second-order valence-corrected chi connectivity index (χ2v) is 8.34. The van der Waals surface area contributed by atoms with Gasteiger partial charge in [0.25, 0.3) is 0 Å². The summed E-state index contributed by atoms with van der Waals surface area (Å²) in [5.74, 6) is 0.207. The monoisotopic (exact) mass is 600 g/mol. The normalized spacial score (nSPS) is 12.5. The Hall–Kier alpha value is -3.52. The fourth-order valence-electron chi connectivity index (χ4n) is 5.30. The van der Waals surface area contributed by atoms with Gasteiger partial charge in [-0.05, 0) is 52.0 Å². The maximum absolute atomic E-state index is 4.70. The van der Waals surface area contributed by atoms with Gasteiger partial charge in [0.2, 0.25) is 0 Å². The first-order valence-electron chi connectivity index (χ1n) is 10.9. The first-order valence-corrected chi connectivity index (χ1v) is 10.9. The Morgan fingerprint density at radius 2 is 1.36 bits per heavy atom. The van der Waals surface area contributed by atoms with E-state index in [4.69, 9.17) is 4.98 Å².